The number of amidine groups is 1. The van der Waals surface area contributed by atoms with Gasteiger partial charge in [0.2, 0.25) is 0 Å². The maximum Gasteiger partial charge on any atom is 0.0992 e. The van der Waals surface area contributed by atoms with Gasteiger partial charge in [-0.1, -0.05) is 27.7 Å². The molecule has 0 radical (unpaired) electrons. The molecule has 1 aliphatic rings. The van der Waals surface area contributed by atoms with Crippen molar-refractivity contribution < 1.29 is 0 Å². The molecule has 0 bridgehead atoms. The van der Waals surface area contributed by atoms with Gasteiger partial charge in [0.15, 0.2) is 0 Å². The minimum absolute atomic E-state index is 0.632. The molecular weight excluding hydrogens is 136 g/mol. The van der Waals surface area contributed by atoms with E-state index in [2.05, 4.69) is 24.2 Å². The normalized spacial score (nSPS) is 17.6. The van der Waals surface area contributed by atoms with E-state index in [1.54, 1.807) is 0 Å². The zero-order valence-corrected chi connectivity index (χ0v) is 8.15. The van der Waals surface area contributed by atoms with Crippen molar-refractivity contribution in [3.05, 3.63) is 0 Å². The lowest BCUT2D eigenvalue weighted by Gasteiger charge is -2.07. The number of aliphatic imine (C=N–C) groups is 1. The van der Waals surface area contributed by atoms with Gasteiger partial charge in [-0.15, -0.1) is 0 Å². The Balaban J connectivity index is 0.000000461. The van der Waals surface area contributed by atoms with Crippen LogP contribution in [0.5, 0.6) is 0 Å². The van der Waals surface area contributed by atoms with Gasteiger partial charge in [-0.2, -0.15) is 0 Å². The van der Waals surface area contributed by atoms with Gasteiger partial charge in [0, 0.05) is 12.5 Å². The Kier molecular flexibility index (Phi) is 5.90. The number of hydrogen-bond acceptors (Lipinski definition) is 2. The van der Waals surface area contributed by atoms with E-state index in [-0.39, 0.29) is 0 Å². The van der Waals surface area contributed by atoms with Crippen LogP contribution in [-0.4, -0.2) is 18.9 Å². The topological polar surface area (TPSA) is 24.4 Å². The van der Waals surface area contributed by atoms with Crippen LogP contribution >= 0.6 is 0 Å². The molecule has 1 heterocycles. The molecule has 0 spiro atoms. The predicted molar refractivity (Wildman–Crippen MR) is 51.1 cm³/mol. The molecule has 2 heteroatoms. The second kappa shape index (κ2) is 6.20. The third-order valence-electron chi connectivity index (χ3n) is 1.78. The maximum absolute atomic E-state index is 4.31. The Bertz CT molecular complexity index is 119. The molecule has 11 heavy (non-hydrogen) atoms. The highest BCUT2D eigenvalue weighted by Gasteiger charge is 2.10. The van der Waals surface area contributed by atoms with Crippen LogP contribution in [0.3, 0.4) is 0 Å². The summed E-state index contributed by atoms with van der Waals surface area (Å²) in [4.78, 5) is 4.31. The van der Waals surface area contributed by atoms with E-state index in [4.69, 9.17) is 0 Å². The van der Waals surface area contributed by atoms with Gasteiger partial charge >= 0.3 is 0 Å². The Labute approximate surface area is 70.1 Å². The summed E-state index contributed by atoms with van der Waals surface area (Å²) in [6.07, 6.45) is 1.19. The van der Waals surface area contributed by atoms with Crippen molar-refractivity contribution in [2.45, 2.75) is 34.1 Å². The first-order valence-corrected chi connectivity index (χ1v) is 4.62. The minimum atomic E-state index is 0.632. The zero-order chi connectivity index (χ0) is 8.69. The smallest absolute Gasteiger partial charge is 0.0992 e. The predicted octanol–water partition coefficient (Wildman–Crippen LogP) is 2.06. The zero-order valence-electron chi connectivity index (χ0n) is 8.15. The highest BCUT2D eigenvalue weighted by Crippen LogP contribution is 2.03. The number of nitrogens with zero attached hydrogens (tertiary/aromatic N) is 1. The average Bonchev–Trinajstić information content (AvgIpc) is 2.59. The summed E-state index contributed by atoms with van der Waals surface area (Å²) >= 11 is 0. The van der Waals surface area contributed by atoms with Gasteiger partial charge in [-0.25, -0.2) is 0 Å². The first-order valence-electron chi connectivity index (χ1n) is 4.62. The van der Waals surface area contributed by atoms with Crippen LogP contribution in [0.25, 0.3) is 0 Å². The summed E-state index contributed by atoms with van der Waals surface area (Å²) in [5.41, 5.74) is 0. The Morgan fingerprint density at radius 1 is 1.55 bits per heavy atom. The van der Waals surface area contributed by atoms with Crippen molar-refractivity contribution in [3.63, 3.8) is 0 Å². The molecule has 66 valence electrons. The van der Waals surface area contributed by atoms with E-state index in [0.717, 1.165) is 13.1 Å². The summed E-state index contributed by atoms with van der Waals surface area (Å²) < 4.78 is 0. The highest BCUT2D eigenvalue weighted by molar-refractivity contribution is 5.85. The molecule has 1 N–H and O–H groups in total. The average molecular weight is 156 g/mol. The van der Waals surface area contributed by atoms with Crippen molar-refractivity contribution >= 4 is 5.84 Å². The molecule has 0 amide bonds. The largest absolute Gasteiger partial charge is 0.372 e. The first kappa shape index (κ1) is 10.5. The lowest BCUT2D eigenvalue weighted by atomic mass is 10.1. The minimum Gasteiger partial charge on any atom is -0.372 e. The van der Waals surface area contributed by atoms with Gasteiger partial charge in [-0.3, -0.25) is 4.99 Å². The van der Waals surface area contributed by atoms with E-state index in [1.165, 1.54) is 12.3 Å². The van der Waals surface area contributed by atoms with Crippen LogP contribution in [0.4, 0.5) is 0 Å². The summed E-state index contributed by atoms with van der Waals surface area (Å²) in [5, 5.41) is 3.26. The van der Waals surface area contributed by atoms with Gasteiger partial charge < -0.3 is 5.32 Å². The van der Waals surface area contributed by atoms with Crippen LogP contribution in [0.1, 0.15) is 34.1 Å². The van der Waals surface area contributed by atoms with Crippen LogP contribution in [-0.2, 0) is 0 Å². The van der Waals surface area contributed by atoms with Gasteiger partial charge in [0.1, 0.15) is 0 Å². The SMILES string of the molecule is CC.CCC(C)C1=NCCN1. The summed E-state index contributed by atoms with van der Waals surface area (Å²) in [5.74, 6) is 1.84. The summed E-state index contributed by atoms with van der Waals surface area (Å²) in [6, 6.07) is 0. The number of rotatable bonds is 2. The fraction of sp³-hybridized carbons (Fsp3) is 0.889. The molecule has 1 aliphatic heterocycles. The molecule has 0 aromatic carbocycles. The van der Waals surface area contributed by atoms with E-state index in [1.807, 2.05) is 13.8 Å². The lowest BCUT2D eigenvalue weighted by molar-refractivity contribution is 0.718. The molecule has 0 saturated carbocycles. The quantitative estimate of drug-likeness (QED) is 0.650. The second-order valence-electron chi connectivity index (χ2n) is 2.50. The third-order valence-corrected chi connectivity index (χ3v) is 1.78. The molecule has 0 aliphatic carbocycles. The van der Waals surface area contributed by atoms with Crippen molar-refractivity contribution in [1.29, 1.82) is 0 Å². The molecule has 1 unspecified atom stereocenters. The molecule has 0 fully saturated rings. The molecule has 0 aromatic heterocycles. The standard InChI is InChI=1S/C7H14N2.C2H6/c1-3-6(2)7-8-4-5-9-7;1-2/h6H,3-5H2,1-2H3,(H,8,9);1-2H3. The van der Waals surface area contributed by atoms with Crippen molar-refractivity contribution in [2.24, 2.45) is 10.9 Å². The molecular formula is C9H20N2. The van der Waals surface area contributed by atoms with E-state index >= 15 is 0 Å². The first-order chi connectivity index (χ1) is 5.34. The van der Waals surface area contributed by atoms with E-state index < -0.39 is 0 Å². The fourth-order valence-corrected chi connectivity index (χ4v) is 0.940. The van der Waals surface area contributed by atoms with E-state index in [0.29, 0.717) is 5.92 Å². The second-order valence-corrected chi connectivity index (χ2v) is 2.50. The molecule has 1 rings (SSSR count). The van der Waals surface area contributed by atoms with Crippen LogP contribution in [0.2, 0.25) is 0 Å². The molecule has 0 saturated heterocycles. The molecule has 0 aromatic rings. The van der Waals surface area contributed by atoms with Crippen LogP contribution in [0.15, 0.2) is 4.99 Å². The number of nitrogens with one attached hydrogen (secondary N) is 1. The van der Waals surface area contributed by atoms with Crippen LogP contribution in [0, 0.1) is 5.92 Å². The van der Waals surface area contributed by atoms with Crippen molar-refractivity contribution in [1.82, 2.24) is 5.32 Å². The van der Waals surface area contributed by atoms with Gasteiger partial charge in [0.05, 0.1) is 12.4 Å². The van der Waals surface area contributed by atoms with Gasteiger partial charge in [0.25, 0.3) is 0 Å². The van der Waals surface area contributed by atoms with Crippen molar-refractivity contribution in [3.8, 4) is 0 Å². The Hall–Kier alpha value is -0.530. The maximum atomic E-state index is 4.31. The third kappa shape index (κ3) is 3.40. The molecule has 2 nitrogen and oxygen atoms in total. The van der Waals surface area contributed by atoms with Gasteiger partial charge in [-0.05, 0) is 6.42 Å². The fourth-order valence-electron chi connectivity index (χ4n) is 0.940. The number of hydrogen-bond donors (Lipinski definition) is 1. The Morgan fingerprint density at radius 2 is 2.18 bits per heavy atom. The van der Waals surface area contributed by atoms with Crippen molar-refractivity contribution in [2.75, 3.05) is 13.1 Å². The van der Waals surface area contributed by atoms with E-state index in [9.17, 15) is 0 Å². The Morgan fingerprint density at radius 3 is 2.55 bits per heavy atom. The summed E-state index contributed by atoms with van der Waals surface area (Å²) in [7, 11) is 0. The summed E-state index contributed by atoms with van der Waals surface area (Å²) in [6.45, 7) is 10.4. The lowest BCUT2D eigenvalue weighted by Crippen LogP contribution is -2.24. The molecule has 1 atom stereocenters. The highest BCUT2D eigenvalue weighted by atomic mass is 15.1. The van der Waals surface area contributed by atoms with Crippen LogP contribution < -0.4 is 5.32 Å². The monoisotopic (exact) mass is 156 g/mol.